The van der Waals surface area contributed by atoms with E-state index in [9.17, 15) is 18.0 Å². The third kappa shape index (κ3) is 4.58. The number of aromatic nitrogens is 2. The first-order valence-corrected chi connectivity index (χ1v) is 8.96. The van der Waals surface area contributed by atoms with Crippen LogP contribution < -0.4 is 9.64 Å². The van der Waals surface area contributed by atoms with Gasteiger partial charge in [-0.25, -0.2) is 4.98 Å². The van der Waals surface area contributed by atoms with Gasteiger partial charge in [0.05, 0.1) is 5.02 Å². The molecule has 0 aliphatic heterocycles. The average Bonchev–Trinajstić information content (AvgIpc) is 3.12. The second kappa shape index (κ2) is 8.51. The highest BCUT2D eigenvalue weighted by molar-refractivity contribution is 6.32. The summed E-state index contributed by atoms with van der Waals surface area (Å²) in [6.07, 6.45) is 3.76. The Morgan fingerprint density at radius 2 is 1.97 bits per heavy atom. The fraction of sp³-hybridized carbons (Fsp3) is 0.143. The van der Waals surface area contributed by atoms with Gasteiger partial charge in [0.1, 0.15) is 17.6 Å². The maximum absolute atomic E-state index is 12.8. The molecule has 1 unspecified atom stereocenters. The summed E-state index contributed by atoms with van der Waals surface area (Å²) in [5.74, 6) is 1.26. The molecule has 0 fully saturated rings. The summed E-state index contributed by atoms with van der Waals surface area (Å²) < 4.78 is 43.3. The van der Waals surface area contributed by atoms with E-state index in [1.54, 1.807) is 48.3 Å². The number of carbonyl (C=O) groups is 1. The monoisotopic (exact) mass is 433 g/mol. The number of carbonyl (C=O) groups excluding carboxylic acids is 1. The van der Waals surface area contributed by atoms with Crippen molar-refractivity contribution in [3.8, 4) is 18.1 Å². The van der Waals surface area contributed by atoms with Crippen molar-refractivity contribution in [2.75, 3.05) is 4.90 Å². The number of halogens is 4. The molecule has 1 amide bonds. The highest BCUT2D eigenvalue weighted by Gasteiger charge is 2.34. The van der Waals surface area contributed by atoms with Crippen molar-refractivity contribution in [1.29, 1.82) is 0 Å². The van der Waals surface area contributed by atoms with Crippen LogP contribution in [0.25, 0.3) is 0 Å². The molecule has 30 heavy (non-hydrogen) atoms. The predicted molar refractivity (Wildman–Crippen MR) is 106 cm³/mol. The van der Waals surface area contributed by atoms with Crippen LogP contribution in [0.1, 0.15) is 17.4 Å². The van der Waals surface area contributed by atoms with Crippen molar-refractivity contribution in [2.24, 2.45) is 7.05 Å². The molecule has 1 aromatic heterocycles. The first-order valence-electron chi connectivity index (χ1n) is 8.58. The van der Waals surface area contributed by atoms with Crippen LogP contribution in [0.15, 0.2) is 60.9 Å². The highest BCUT2D eigenvalue weighted by Crippen LogP contribution is 2.37. The Bertz CT molecular complexity index is 1090. The summed E-state index contributed by atoms with van der Waals surface area (Å²) in [5, 5.41) is -0.328. The molecule has 3 aromatic rings. The Balaban J connectivity index is 2.15. The Kier molecular flexibility index (Phi) is 6.04. The van der Waals surface area contributed by atoms with Crippen LogP contribution in [0, 0.1) is 12.3 Å². The Morgan fingerprint density at radius 1 is 1.27 bits per heavy atom. The normalized spacial score (nSPS) is 12.1. The van der Waals surface area contributed by atoms with Crippen LogP contribution in [0.3, 0.4) is 0 Å². The van der Waals surface area contributed by atoms with Crippen molar-refractivity contribution < 1.29 is 22.7 Å². The van der Waals surface area contributed by atoms with Gasteiger partial charge in [0.2, 0.25) is 0 Å². The van der Waals surface area contributed by atoms with Gasteiger partial charge in [-0.05, 0) is 29.7 Å². The third-order valence-electron chi connectivity index (χ3n) is 4.24. The number of hydrogen-bond donors (Lipinski definition) is 0. The number of terminal acetylenes is 1. The maximum atomic E-state index is 12.8. The molecule has 0 saturated heterocycles. The average molecular weight is 434 g/mol. The summed E-state index contributed by atoms with van der Waals surface area (Å²) in [4.78, 5) is 18.3. The second-order valence-corrected chi connectivity index (χ2v) is 6.60. The number of benzene rings is 2. The number of amides is 1. The first-order chi connectivity index (χ1) is 14.2. The zero-order valence-electron chi connectivity index (χ0n) is 15.6. The molecular formula is C21H15ClF3N3O2. The van der Waals surface area contributed by atoms with E-state index < -0.39 is 24.1 Å². The topological polar surface area (TPSA) is 47.4 Å². The van der Waals surface area contributed by atoms with E-state index in [4.69, 9.17) is 18.0 Å². The Morgan fingerprint density at radius 3 is 2.50 bits per heavy atom. The van der Waals surface area contributed by atoms with E-state index in [1.807, 2.05) is 6.07 Å². The fourth-order valence-electron chi connectivity index (χ4n) is 2.99. The van der Waals surface area contributed by atoms with Gasteiger partial charge < -0.3 is 9.30 Å². The maximum Gasteiger partial charge on any atom is 0.573 e. The molecule has 154 valence electrons. The van der Waals surface area contributed by atoms with Gasteiger partial charge in [0.15, 0.2) is 0 Å². The minimum Gasteiger partial charge on any atom is -0.404 e. The predicted octanol–water partition coefficient (Wildman–Crippen LogP) is 4.73. The molecule has 0 spiro atoms. The zero-order valence-corrected chi connectivity index (χ0v) is 16.4. The molecule has 2 aromatic carbocycles. The van der Waals surface area contributed by atoms with Gasteiger partial charge in [-0.15, -0.1) is 19.6 Å². The molecule has 0 saturated carbocycles. The van der Waals surface area contributed by atoms with Crippen LogP contribution in [0.5, 0.6) is 5.75 Å². The van der Waals surface area contributed by atoms with E-state index >= 15 is 0 Å². The van der Waals surface area contributed by atoms with Crippen molar-refractivity contribution >= 4 is 23.2 Å². The van der Waals surface area contributed by atoms with Gasteiger partial charge in [-0.2, -0.15) is 0 Å². The van der Waals surface area contributed by atoms with Crippen LogP contribution in [-0.4, -0.2) is 21.8 Å². The zero-order chi connectivity index (χ0) is 21.9. The number of ether oxygens (including phenoxy) is 1. The van der Waals surface area contributed by atoms with Crippen molar-refractivity contribution in [1.82, 2.24) is 9.55 Å². The lowest BCUT2D eigenvalue weighted by atomic mass is 10.0. The van der Waals surface area contributed by atoms with E-state index in [1.165, 1.54) is 17.0 Å². The Labute approximate surface area is 175 Å². The number of rotatable bonds is 5. The fourth-order valence-corrected chi connectivity index (χ4v) is 3.20. The quantitative estimate of drug-likeness (QED) is 0.547. The first kappa shape index (κ1) is 21.3. The summed E-state index contributed by atoms with van der Waals surface area (Å²) >= 11 is 6.00. The van der Waals surface area contributed by atoms with Gasteiger partial charge in [0, 0.05) is 25.1 Å². The number of hydrogen-bond acceptors (Lipinski definition) is 3. The number of nitrogens with zero attached hydrogens (tertiary/aromatic N) is 3. The molecule has 0 bridgehead atoms. The molecule has 1 heterocycles. The van der Waals surface area contributed by atoms with Crippen LogP contribution in [0.2, 0.25) is 5.02 Å². The molecule has 0 aliphatic rings. The molecule has 9 heteroatoms. The number of aryl methyl sites for hydroxylation is 1. The molecule has 3 rings (SSSR count). The lowest BCUT2D eigenvalue weighted by molar-refractivity contribution is -0.274. The lowest BCUT2D eigenvalue weighted by Crippen LogP contribution is -2.36. The molecule has 0 radical (unpaired) electrons. The van der Waals surface area contributed by atoms with Gasteiger partial charge in [-0.3, -0.25) is 9.69 Å². The van der Waals surface area contributed by atoms with Crippen LogP contribution in [-0.2, 0) is 11.8 Å². The van der Waals surface area contributed by atoms with Gasteiger partial charge >= 0.3 is 12.3 Å². The number of imidazole rings is 1. The van der Waals surface area contributed by atoms with Crippen LogP contribution >= 0.6 is 11.6 Å². The lowest BCUT2D eigenvalue weighted by Gasteiger charge is -2.30. The smallest absolute Gasteiger partial charge is 0.404 e. The Hall–Kier alpha value is -3.44. The minimum atomic E-state index is -4.90. The molecule has 5 nitrogen and oxygen atoms in total. The molecular weight excluding hydrogens is 419 g/mol. The SMILES string of the molecule is C#CC(=O)N(c1ccc(OC(F)(F)F)c(Cl)c1)C(c1ccccc1)c1nccn1C. The van der Waals surface area contributed by atoms with E-state index in [2.05, 4.69) is 15.6 Å². The summed E-state index contributed by atoms with van der Waals surface area (Å²) in [7, 11) is 1.75. The van der Waals surface area contributed by atoms with Gasteiger partial charge in [-0.1, -0.05) is 41.9 Å². The number of alkyl halides is 3. The van der Waals surface area contributed by atoms with Gasteiger partial charge in [0.25, 0.3) is 0 Å². The van der Waals surface area contributed by atoms with E-state index in [-0.39, 0.29) is 10.7 Å². The molecule has 0 aliphatic carbocycles. The summed E-state index contributed by atoms with van der Waals surface area (Å²) in [6.45, 7) is 0. The third-order valence-corrected chi connectivity index (χ3v) is 4.53. The molecule has 1 atom stereocenters. The molecule has 0 N–H and O–H groups in total. The van der Waals surface area contributed by atoms with Crippen molar-refractivity contribution in [3.05, 3.63) is 77.3 Å². The number of anilines is 1. The standard InChI is InChI=1S/C21H15ClF3N3O2/c1-3-18(29)28(15-9-10-17(16(22)13-15)30-21(23,24)25)19(14-7-5-4-6-8-14)20-26-11-12-27(20)2/h1,4-13,19H,2H3. The van der Waals surface area contributed by atoms with Crippen molar-refractivity contribution in [2.45, 2.75) is 12.4 Å². The van der Waals surface area contributed by atoms with E-state index in [0.717, 1.165) is 6.07 Å². The highest BCUT2D eigenvalue weighted by atomic mass is 35.5. The minimum absolute atomic E-state index is 0.189. The second-order valence-electron chi connectivity index (χ2n) is 6.19. The van der Waals surface area contributed by atoms with Crippen LogP contribution in [0.4, 0.5) is 18.9 Å². The van der Waals surface area contributed by atoms with Crippen molar-refractivity contribution in [3.63, 3.8) is 0 Å². The largest absolute Gasteiger partial charge is 0.573 e. The van der Waals surface area contributed by atoms with E-state index in [0.29, 0.717) is 11.4 Å². The summed E-state index contributed by atoms with van der Waals surface area (Å²) in [6, 6.07) is 11.7. The summed E-state index contributed by atoms with van der Waals surface area (Å²) in [5.41, 5.74) is 0.886.